The first-order chi connectivity index (χ1) is 4.72. The Kier molecular flexibility index (Phi) is 4.85. The molecule has 10 heavy (non-hydrogen) atoms. The fourth-order valence-corrected chi connectivity index (χ4v) is 0.738. The average molecular weight is 142 g/mol. The number of hydrogen-bond donors (Lipinski definition) is 1. The second kappa shape index (κ2) is 5.18. The first-order valence-electron chi connectivity index (χ1n) is 3.46. The quantitative estimate of drug-likeness (QED) is 0.585. The van der Waals surface area contributed by atoms with Crippen molar-refractivity contribution in [2.24, 2.45) is 5.92 Å². The van der Waals surface area contributed by atoms with E-state index in [9.17, 15) is 4.79 Å². The van der Waals surface area contributed by atoms with E-state index in [-0.39, 0.29) is 24.7 Å². The molecule has 2 heteroatoms. The molecule has 0 saturated carbocycles. The molecule has 0 aliphatic rings. The summed E-state index contributed by atoms with van der Waals surface area (Å²) < 4.78 is 0. The number of rotatable bonds is 5. The molecule has 0 saturated heterocycles. The van der Waals surface area contributed by atoms with Gasteiger partial charge in [0, 0.05) is 18.9 Å². The number of aliphatic hydroxyl groups is 1. The molecule has 0 aromatic heterocycles. The highest BCUT2D eigenvalue weighted by atomic mass is 16.3. The van der Waals surface area contributed by atoms with Gasteiger partial charge in [0.2, 0.25) is 0 Å². The van der Waals surface area contributed by atoms with Crippen molar-refractivity contribution in [1.82, 2.24) is 0 Å². The molecule has 0 spiro atoms. The summed E-state index contributed by atoms with van der Waals surface area (Å²) in [5.41, 5.74) is 0. The van der Waals surface area contributed by atoms with Gasteiger partial charge in [-0.3, -0.25) is 4.79 Å². The van der Waals surface area contributed by atoms with Crippen molar-refractivity contribution in [2.45, 2.75) is 19.8 Å². The average Bonchev–Trinajstić information content (AvgIpc) is 1.89. The molecule has 0 bridgehead atoms. The van der Waals surface area contributed by atoms with Gasteiger partial charge in [-0.15, -0.1) is 6.58 Å². The standard InChI is InChI=1S/C8H14O2/c1-3-4-7(2)8(10)5-6-9/h3,7,9H,1,4-6H2,2H3. The molecule has 1 unspecified atom stereocenters. The van der Waals surface area contributed by atoms with Gasteiger partial charge in [-0.2, -0.15) is 0 Å². The minimum atomic E-state index is -0.0414. The second-order valence-corrected chi connectivity index (χ2v) is 2.37. The summed E-state index contributed by atoms with van der Waals surface area (Å²) in [5, 5.41) is 8.41. The number of aliphatic hydroxyl groups excluding tert-OH is 1. The third-order valence-corrected chi connectivity index (χ3v) is 1.43. The first kappa shape index (κ1) is 9.37. The smallest absolute Gasteiger partial charge is 0.138 e. The number of Topliss-reactive ketones (excluding diaryl/α,β-unsaturated/α-hetero) is 1. The van der Waals surface area contributed by atoms with Crippen LogP contribution < -0.4 is 0 Å². The Hall–Kier alpha value is -0.630. The van der Waals surface area contributed by atoms with Gasteiger partial charge in [0.05, 0.1) is 0 Å². The highest BCUT2D eigenvalue weighted by Crippen LogP contribution is 2.05. The monoisotopic (exact) mass is 142 g/mol. The number of carbonyl (C=O) groups is 1. The Balaban J connectivity index is 3.58. The maximum Gasteiger partial charge on any atom is 0.138 e. The van der Waals surface area contributed by atoms with Crippen molar-refractivity contribution in [3.05, 3.63) is 12.7 Å². The molecule has 2 nitrogen and oxygen atoms in total. The highest BCUT2D eigenvalue weighted by molar-refractivity contribution is 5.80. The van der Waals surface area contributed by atoms with Gasteiger partial charge >= 0.3 is 0 Å². The normalized spacial score (nSPS) is 12.6. The van der Waals surface area contributed by atoms with Crippen LogP contribution in [0.15, 0.2) is 12.7 Å². The zero-order valence-electron chi connectivity index (χ0n) is 6.34. The molecule has 0 radical (unpaired) electrons. The SMILES string of the molecule is C=CCC(C)C(=O)CCO. The van der Waals surface area contributed by atoms with Crippen LogP contribution in [0.2, 0.25) is 0 Å². The van der Waals surface area contributed by atoms with Crippen molar-refractivity contribution in [1.29, 1.82) is 0 Å². The molecular weight excluding hydrogens is 128 g/mol. The maximum atomic E-state index is 10.9. The molecule has 1 N–H and O–H groups in total. The Morgan fingerprint density at radius 1 is 1.80 bits per heavy atom. The summed E-state index contributed by atoms with van der Waals surface area (Å²) in [6.45, 7) is 5.33. The number of carbonyl (C=O) groups excluding carboxylic acids is 1. The lowest BCUT2D eigenvalue weighted by Gasteiger charge is -2.04. The van der Waals surface area contributed by atoms with Crippen molar-refractivity contribution in [3.63, 3.8) is 0 Å². The molecule has 0 aliphatic heterocycles. The lowest BCUT2D eigenvalue weighted by Crippen LogP contribution is -2.11. The van der Waals surface area contributed by atoms with Crippen LogP contribution >= 0.6 is 0 Å². The van der Waals surface area contributed by atoms with E-state index in [0.29, 0.717) is 6.42 Å². The second-order valence-electron chi connectivity index (χ2n) is 2.37. The van der Waals surface area contributed by atoms with E-state index in [1.807, 2.05) is 6.92 Å². The predicted molar refractivity (Wildman–Crippen MR) is 40.7 cm³/mol. The maximum absolute atomic E-state index is 10.9. The summed E-state index contributed by atoms with van der Waals surface area (Å²) in [4.78, 5) is 10.9. The van der Waals surface area contributed by atoms with Gasteiger partial charge in [-0.05, 0) is 6.42 Å². The number of ketones is 1. The molecule has 0 aromatic rings. The van der Waals surface area contributed by atoms with E-state index in [1.165, 1.54) is 0 Å². The van der Waals surface area contributed by atoms with Crippen LogP contribution in [-0.4, -0.2) is 17.5 Å². The van der Waals surface area contributed by atoms with Crippen molar-refractivity contribution < 1.29 is 9.90 Å². The van der Waals surface area contributed by atoms with E-state index < -0.39 is 0 Å². The van der Waals surface area contributed by atoms with Gasteiger partial charge in [0.1, 0.15) is 5.78 Å². The number of allylic oxidation sites excluding steroid dienone is 1. The van der Waals surface area contributed by atoms with Gasteiger partial charge in [-0.25, -0.2) is 0 Å². The highest BCUT2D eigenvalue weighted by Gasteiger charge is 2.08. The lowest BCUT2D eigenvalue weighted by atomic mass is 10.0. The van der Waals surface area contributed by atoms with Gasteiger partial charge in [-0.1, -0.05) is 13.0 Å². The molecule has 0 rings (SSSR count). The van der Waals surface area contributed by atoms with Crippen LogP contribution in [0.3, 0.4) is 0 Å². The van der Waals surface area contributed by atoms with Crippen LogP contribution in [0.1, 0.15) is 19.8 Å². The van der Waals surface area contributed by atoms with Crippen molar-refractivity contribution >= 4 is 5.78 Å². The van der Waals surface area contributed by atoms with E-state index >= 15 is 0 Å². The summed E-state index contributed by atoms with van der Waals surface area (Å²) in [6, 6.07) is 0. The van der Waals surface area contributed by atoms with E-state index in [4.69, 9.17) is 5.11 Å². The van der Waals surface area contributed by atoms with Crippen LogP contribution in [0.5, 0.6) is 0 Å². The fraction of sp³-hybridized carbons (Fsp3) is 0.625. The Morgan fingerprint density at radius 2 is 2.40 bits per heavy atom. The minimum absolute atomic E-state index is 0.0182. The van der Waals surface area contributed by atoms with Gasteiger partial charge < -0.3 is 5.11 Å². The Morgan fingerprint density at radius 3 is 2.80 bits per heavy atom. The molecule has 0 heterocycles. The Bertz CT molecular complexity index is 118. The van der Waals surface area contributed by atoms with Crippen LogP contribution in [-0.2, 0) is 4.79 Å². The third kappa shape index (κ3) is 3.41. The van der Waals surface area contributed by atoms with Gasteiger partial charge in [0.25, 0.3) is 0 Å². The minimum Gasteiger partial charge on any atom is -0.396 e. The zero-order valence-corrected chi connectivity index (χ0v) is 6.34. The molecule has 0 aromatic carbocycles. The van der Waals surface area contributed by atoms with E-state index in [0.717, 1.165) is 0 Å². The molecule has 58 valence electrons. The summed E-state index contributed by atoms with van der Waals surface area (Å²) >= 11 is 0. The van der Waals surface area contributed by atoms with Gasteiger partial charge in [0.15, 0.2) is 0 Å². The summed E-state index contributed by atoms with van der Waals surface area (Å²) in [6.07, 6.45) is 2.70. The largest absolute Gasteiger partial charge is 0.396 e. The summed E-state index contributed by atoms with van der Waals surface area (Å²) in [7, 11) is 0. The zero-order chi connectivity index (χ0) is 7.98. The molecule has 1 atom stereocenters. The lowest BCUT2D eigenvalue weighted by molar-refractivity contribution is -0.122. The van der Waals surface area contributed by atoms with Crippen molar-refractivity contribution in [3.8, 4) is 0 Å². The van der Waals surface area contributed by atoms with Crippen molar-refractivity contribution in [2.75, 3.05) is 6.61 Å². The Labute approximate surface area is 61.6 Å². The van der Waals surface area contributed by atoms with Crippen LogP contribution in [0.4, 0.5) is 0 Å². The molecule has 0 aliphatic carbocycles. The fourth-order valence-electron chi connectivity index (χ4n) is 0.738. The van der Waals surface area contributed by atoms with Crippen LogP contribution in [0, 0.1) is 5.92 Å². The predicted octanol–water partition coefficient (Wildman–Crippen LogP) is 1.15. The molecular formula is C8H14O2. The van der Waals surface area contributed by atoms with E-state index in [1.54, 1.807) is 6.08 Å². The topological polar surface area (TPSA) is 37.3 Å². The molecule has 0 amide bonds. The number of hydrogen-bond acceptors (Lipinski definition) is 2. The first-order valence-corrected chi connectivity index (χ1v) is 3.46. The summed E-state index contributed by atoms with van der Waals surface area (Å²) in [5.74, 6) is 0.132. The van der Waals surface area contributed by atoms with E-state index in [2.05, 4.69) is 6.58 Å². The van der Waals surface area contributed by atoms with Crippen LogP contribution in [0.25, 0.3) is 0 Å². The third-order valence-electron chi connectivity index (χ3n) is 1.43. The molecule has 0 fully saturated rings.